The molecule has 298 valence electrons. The lowest BCUT2D eigenvalue weighted by Crippen LogP contribution is -2.60. The molecular weight excluding hydrogens is 698 g/mol. The van der Waals surface area contributed by atoms with Crippen molar-refractivity contribution >= 4 is 29.6 Å². The molecule has 2 aromatic carbocycles. The van der Waals surface area contributed by atoms with Gasteiger partial charge in [-0.05, 0) is 52.7 Å². The Morgan fingerprint density at radius 3 is 1.81 bits per heavy atom. The van der Waals surface area contributed by atoms with Gasteiger partial charge in [0.05, 0.1) is 64.2 Å². The van der Waals surface area contributed by atoms with Gasteiger partial charge in [0.2, 0.25) is 23.6 Å². The maximum Gasteiger partial charge on any atom is 0.310 e. The first-order valence-electron chi connectivity index (χ1n) is 17.9. The van der Waals surface area contributed by atoms with Crippen LogP contribution in [0.5, 0.6) is 23.0 Å². The van der Waals surface area contributed by atoms with Crippen molar-refractivity contribution in [1.29, 1.82) is 0 Å². The van der Waals surface area contributed by atoms with Crippen molar-refractivity contribution in [2.75, 3.05) is 27.9 Å². The van der Waals surface area contributed by atoms with E-state index in [0.717, 1.165) is 11.1 Å². The quantitative estimate of drug-likeness (QED) is 0.158. The average molecular weight is 756 g/mol. The fourth-order valence-corrected chi connectivity index (χ4v) is 6.23. The van der Waals surface area contributed by atoms with E-state index >= 15 is 0 Å². The number of hydrogen-bond acceptors (Lipinski definition) is 11. The monoisotopic (exact) mass is 755 g/mol. The van der Waals surface area contributed by atoms with E-state index in [-0.39, 0.29) is 18.9 Å². The maximum absolute atomic E-state index is 13.5. The van der Waals surface area contributed by atoms with Crippen molar-refractivity contribution in [1.82, 2.24) is 21.3 Å². The summed E-state index contributed by atoms with van der Waals surface area (Å²) in [6.07, 6.45) is -0.854. The molecule has 0 radical (unpaired) electrons. The average Bonchev–Trinajstić information content (AvgIpc) is 3.09. The van der Waals surface area contributed by atoms with Gasteiger partial charge in [0.15, 0.2) is 0 Å². The van der Waals surface area contributed by atoms with Crippen LogP contribution in [0.25, 0.3) is 0 Å². The van der Waals surface area contributed by atoms with Crippen molar-refractivity contribution in [2.45, 2.75) is 111 Å². The number of carbonyl (C=O) groups excluding carboxylic acids is 5. The van der Waals surface area contributed by atoms with E-state index in [4.69, 9.17) is 29.4 Å². The smallest absolute Gasteiger partial charge is 0.310 e. The third-order valence-corrected chi connectivity index (χ3v) is 9.11. The van der Waals surface area contributed by atoms with Gasteiger partial charge in [-0.1, -0.05) is 39.8 Å². The van der Waals surface area contributed by atoms with Crippen LogP contribution in [0.3, 0.4) is 0 Å². The molecule has 0 unspecified atom stereocenters. The van der Waals surface area contributed by atoms with Gasteiger partial charge in [-0.15, -0.1) is 0 Å². The number of rotatable bonds is 16. The highest BCUT2D eigenvalue weighted by Crippen LogP contribution is 2.53. The lowest BCUT2D eigenvalue weighted by Gasteiger charge is -2.37. The molecule has 0 spiro atoms. The van der Waals surface area contributed by atoms with E-state index in [1.54, 1.807) is 32.9 Å². The Bertz CT molecular complexity index is 1720. The Labute approximate surface area is 317 Å². The normalized spacial score (nSPS) is 15.2. The minimum Gasteiger partial charge on any atom is -0.496 e. The Balaban J connectivity index is 1.80. The van der Waals surface area contributed by atoms with Crippen LogP contribution < -0.4 is 41.2 Å². The number of ether oxygens (including phenoxy) is 5. The van der Waals surface area contributed by atoms with Crippen LogP contribution in [0.4, 0.5) is 0 Å². The largest absolute Gasteiger partial charge is 0.496 e. The van der Waals surface area contributed by atoms with E-state index in [0.29, 0.717) is 34.1 Å². The summed E-state index contributed by atoms with van der Waals surface area (Å²) in [7, 11) is 4.32. The predicted octanol–water partition coefficient (Wildman–Crippen LogP) is 2.76. The molecule has 1 heterocycles. The summed E-state index contributed by atoms with van der Waals surface area (Å²) >= 11 is 0. The molecule has 0 fully saturated rings. The molecule has 2 aromatic rings. The summed E-state index contributed by atoms with van der Waals surface area (Å²) in [6.45, 7) is 15.7. The van der Waals surface area contributed by atoms with Crippen molar-refractivity contribution in [3.05, 3.63) is 46.5 Å². The number of nitrogens with one attached hydrogen (secondary N) is 4. The van der Waals surface area contributed by atoms with Crippen molar-refractivity contribution in [3.63, 3.8) is 0 Å². The third-order valence-electron chi connectivity index (χ3n) is 9.11. The van der Waals surface area contributed by atoms with Gasteiger partial charge in [-0.2, -0.15) is 0 Å². The minimum atomic E-state index is -1.15. The van der Waals surface area contributed by atoms with Crippen LogP contribution in [0, 0.1) is 5.92 Å². The van der Waals surface area contributed by atoms with Gasteiger partial charge in [-0.3, -0.25) is 24.0 Å². The van der Waals surface area contributed by atoms with Crippen molar-refractivity contribution < 1.29 is 47.7 Å². The van der Waals surface area contributed by atoms with Gasteiger partial charge in [-0.25, -0.2) is 0 Å². The van der Waals surface area contributed by atoms with E-state index in [2.05, 4.69) is 21.3 Å². The molecular formula is C39H57N5O10. The van der Waals surface area contributed by atoms with E-state index < -0.39 is 71.4 Å². The second-order valence-corrected chi connectivity index (χ2v) is 15.2. The first kappa shape index (κ1) is 43.5. The molecule has 6 N–H and O–H groups in total. The first-order valence-corrected chi connectivity index (χ1v) is 17.9. The molecule has 1 aliphatic rings. The summed E-state index contributed by atoms with van der Waals surface area (Å²) in [6, 6.07) is 4.31. The molecule has 4 amide bonds. The number of benzene rings is 2. The van der Waals surface area contributed by atoms with E-state index in [1.165, 1.54) is 28.3 Å². The standard InChI is InChI=1S/C39H57N5O10/c1-20(2)31(43-37(49)32(44-35(47)21(3)40)22(4)54-38(5,6)7)36(48)42-19-29(45)41-18-24-28(51-11)16-14-26-34(24)53-33-23(17-30(46)52-12)27(50-10)15-13-25(33)39(26,8)9/h13-16,20-22,31-32H,17-19,40H2,1-12H3,(H,41,45)(H,42,48)(H,43,49)(H,44,47)/t21-,22+,31-,32-/m0/s1. The number of nitrogens with two attached hydrogens (primary N) is 1. The van der Waals surface area contributed by atoms with Crippen LogP contribution in [0.15, 0.2) is 24.3 Å². The zero-order chi connectivity index (χ0) is 40.7. The number of methoxy groups -OCH3 is 3. The highest BCUT2D eigenvalue weighted by molar-refractivity contribution is 5.94. The van der Waals surface area contributed by atoms with E-state index in [1.807, 2.05) is 46.8 Å². The molecule has 3 rings (SSSR count). The molecule has 0 saturated carbocycles. The molecule has 54 heavy (non-hydrogen) atoms. The van der Waals surface area contributed by atoms with Crippen LogP contribution in [0.1, 0.15) is 84.6 Å². The first-order chi connectivity index (χ1) is 25.2. The van der Waals surface area contributed by atoms with Gasteiger partial charge in [0, 0.05) is 22.1 Å². The predicted molar refractivity (Wildman–Crippen MR) is 201 cm³/mol. The van der Waals surface area contributed by atoms with Crippen molar-refractivity contribution in [3.8, 4) is 23.0 Å². The van der Waals surface area contributed by atoms with Crippen LogP contribution in [-0.4, -0.2) is 87.3 Å². The lowest BCUT2D eigenvalue weighted by atomic mass is 9.74. The second kappa shape index (κ2) is 18.0. The molecule has 1 aliphatic heterocycles. The van der Waals surface area contributed by atoms with Gasteiger partial charge < -0.3 is 50.7 Å². The Morgan fingerprint density at radius 1 is 0.778 bits per heavy atom. The minimum absolute atomic E-state index is 0.0281. The topological polar surface area (TPSA) is 206 Å². The molecule has 4 atom stereocenters. The zero-order valence-electron chi connectivity index (χ0n) is 33.5. The fourth-order valence-electron chi connectivity index (χ4n) is 6.23. The number of amides is 4. The number of carbonyl (C=O) groups is 5. The van der Waals surface area contributed by atoms with E-state index in [9.17, 15) is 24.0 Å². The van der Waals surface area contributed by atoms with Crippen molar-refractivity contribution in [2.24, 2.45) is 11.7 Å². The molecule has 0 saturated heterocycles. The summed E-state index contributed by atoms with van der Waals surface area (Å²) < 4.78 is 28.7. The van der Waals surface area contributed by atoms with Gasteiger partial charge >= 0.3 is 5.97 Å². The molecule has 0 aromatic heterocycles. The summed E-state index contributed by atoms with van der Waals surface area (Å²) in [5.74, 6) is -1.35. The third kappa shape index (κ3) is 10.4. The maximum atomic E-state index is 13.5. The van der Waals surface area contributed by atoms with Crippen LogP contribution >= 0.6 is 0 Å². The Hall–Kier alpha value is -4.89. The number of esters is 1. The summed E-state index contributed by atoms with van der Waals surface area (Å²) in [4.78, 5) is 65.0. The molecule has 15 heteroatoms. The molecule has 0 bridgehead atoms. The second-order valence-electron chi connectivity index (χ2n) is 15.2. The van der Waals surface area contributed by atoms with Crippen LogP contribution in [0.2, 0.25) is 0 Å². The SMILES string of the molecule is COC(=O)Cc1c(OC)ccc2c1Oc1c(ccc(OC)c1CNC(=O)CNC(=O)[C@@H](NC(=O)[C@@H](NC(=O)[C@H](C)N)[C@@H](C)OC(C)(C)C)C(C)C)C2(C)C. The number of fused-ring (bicyclic) bond motifs is 2. The lowest BCUT2D eigenvalue weighted by molar-refractivity contribution is -0.140. The Kier molecular flexibility index (Phi) is 14.5. The molecule has 0 aliphatic carbocycles. The Morgan fingerprint density at radius 2 is 1.31 bits per heavy atom. The highest BCUT2D eigenvalue weighted by atomic mass is 16.5. The van der Waals surface area contributed by atoms with Gasteiger partial charge in [0.25, 0.3) is 0 Å². The summed E-state index contributed by atoms with van der Waals surface area (Å²) in [5, 5.41) is 10.8. The van der Waals surface area contributed by atoms with Gasteiger partial charge in [0.1, 0.15) is 35.1 Å². The number of hydrogen-bond donors (Lipinski definition) is 5. The zero-order valence-corrected chi connectivity index (χ0v) is 33.5. The molecule has 15 nitrogen and oxygen atoms in total. The van der Waals surface area contributed by atoms with Crippen LogP contribution in [-0.2, 0) is 51.8 Å². The highest BCUT2D eigenvalue weighted by Gasteiger charge is 2.39. The summed E-state index contributed by atoms with van der Waals surface area (Å²) in [5.41, 5.74) is 7.25. The fraction of sp³-hybridized carbons (Fsp3) is 0.564.